The number of hydrogen-bond donors (Lipinski definition) is 3. The van der Waals surface area contributed by atoms with Gasteiger partial charge < -0.3 is 15.4 Å². The number of aryl methyl sites for hydroxylation is 1. The van der Waals surface area contributed by atoms with Crippen molar-refractivity contribution in [3.8, 4) is 0 Å². The lowest BCUT2D eigenvalue weighted by molar-refractivity contribution is -0.144. The van der Waals surface area contributed by atoms with E-state index in [2.05, 4.69) is 29.4 Å². The first kappa shape index (κ1) is 16.6. The van der Waals surface area contributed by atoms with Gasteiger partial charge in [0.15, 0.2) is 0 Å². The molecule has 24 heavy (non-hydrogen) atoms. The van der Waals surface area contributed by atoms with E-state index in [1.165, 1.54) is 16.5 Å². The van der Waals surface area contributed by atoms with Crippen molar-refractivity contribution < 1.29 is 14.7 Å². The Hall–Kier alpha value is -2.30. The molecule has 3 N–H and O–H groups in total. The van der Waals surface area contributed by atoms with E-state index in [4.69, 9.17) is 5.11 Å². The van der Waals surface area contributed by atoms with Gasteiger partial charge in [-0.1, -0.05) is 12.1 Å². The van der Waals surface area contributed by atoms with Crippen LogP contribution in [-0.2, 0) is 16.0 Å². The summed E-state index contributed by atoms with van der Waals surface area (Å²) in [7, 11) is 0. The fraction of sp³-hybridized carbons (Fsp3) is 0.474. The van der Waals surface area contributed by atoms with Crippen LogP contribution < -0.4 is 5.32 Å². The van der Waals surface area contributed by atoms with Crippen LogP contribution in [0.4, 0.5) is 0 Å². The topological polar surface area (TPSA) is 82.2 Å². The lowest BCUT2D eigenvalue weighted by Gasteiger charge is -2.25. The number of rotatable bonds is 5. The number of H-pyrrole nitrogens is 1. The van der Waals surface area contributed by atoms with Crippen LogP contribution in [0.2, 0.25) is 0 Å². The number of amides is 1. The van der Waals surface area contributed by atoms with Crippen LogP contribution in [0.5, 0.6) is 0 Å². The Morgan fingerprint density at radius 3 is 2.62 bits per heavy atom. The first-order valence-corrected chi connectivity index (χ1v) is 8.62. The van der Waals surface area contributed by atoms with E-state index >= 15 is 0 Å². The summed E-state index contributed by atoms with van der Waals surface area (Å²) in [6.07, 6.45) is 5.37. The standard InChI is InChI=1S/C19H24N2O3/c1-12-3-2-4-16-17(12)15(11-21-16)9-10-20-18(22)13-5-7-14(8-6-13)19(23)24/h2-4,11,13-14,21H,5-10H2,1H3,(H,20,22)(H,23,24). The molecule has 1 aromatic heterocycles. The second-order valence-electron chi connectivity index (χ2n) is 6.74. The second kappa shape index (κ2) is 7.07. The van der Waals surface area contributed by atoms with Crippen molar-refractivity contribution in [2.75, 3.05) is 6.54 Å². The fourth-order valence-corrected chi connectivity index (χ4v) is 3.72. The van der Waals surface area contributed by atoms with E-state index < -0.39 is 5.97 Å². The molecule has 5 heteroatoms. The first-order valence-electron chi connectivity index (χ1n) is 8.62. The molecule has 0 atom stereocenters. The van der Waals surface area contributed by atoms with Gasteiger partial charge in [0.2, 0.25) is 5.91 Å². The van der Waals surface area contributed by atoms with E-state index in [1.54, 1.807) is 0 Å². The molecule has 2 aromatic rings. The summed E-state index contributed by atoms with van der Waals surface area (Å²) in [5.41, 5.74) is 3.59. The van der Waals surface area contributed by atoms with Crippen LogP contribution in [0, 0.1) is 18.8 Å². The van der Waals surface area contributed by atoms with Crippen LogP contribution in [0.15, 0.2) is 24.4 Å². The normalized spacial score (nSPS) is 20.9. The molecule has 0 unspecified atom stereocenters. The van der Waals surface area contributed by atoms with Gasteiger partial charge in [-0.05, 0) is 56.2 Å². The van der Waals surface area contributed by atoms with Gasteiger partial charge in [0.25, 0.3) is 0 Å². The Bertz CT molecular complexity index is 742. The van der Waals surface area contributed by atoms with Crippen molar-refractivity contribution in [1.29, 1.82) is 0 Å². The summed E-state index contributed by atoms with van der Waals surface area (Å²) >= 11 is 0. The lowest BCUT2D eigenvalue weighted by Crippen LogP contribution is -2.35. The van der Waals surface area contributed by atoms with E-state index in [0.717, 1.165) is 11.9 Å². The SMILES string of the molecule is Cc1cccc2[nH]cc(CCNC(=O)C3CCC(C(=O)O)CC3)c12. The van der Waals surface area contributed by atoms with Gasteiger partial charge in [0.05, 0.1) is 5.92 Å². The maximum absolute atomic E-state index is 12.3. The summed E-state index contributed by atoms with van der Waals surface area (Å²) in [5, 5.41) is 13.3. The molecule has 0 radical (unpaired) electrons. The van der Waals surface area contributed by atoms with Gasteiger partial charge in [-0.3, -0.25) is 9.59 Å². The number of aromatic nitrogens is 1. The zero-order valence-electron chi connectivity index (χ0n) is 14.0. The smallest absolute Gasteiger partial charge is 0.306 e. The summed E-state index contributed by atoms with van der Waals surface area (Å²) in [6.45, 7) is 2.71. The van der Waals surface area contributed by atoms with Gasteiger partial charge in [0, 0.05) is 29.6 Å². The molecule has 128 valence electrons. The van der Waals surface area contributed by atoms with Gasteiger partial charge >= 0.3 is 5.97 Å². The highest BCUT2D eigenvalue weighted by atomic mass is 16.4. The molecule has 0 spiro atoms. The third kappa shape index (κ3) is 3.45. The van der Waals surface area contributed by atoms with E-state index in [-0.39, 0.29) is 17.7 Å². The molecule has 1 saturated carbocycles. The number of carbonyl (C=O) groups is 2. The molecule has 1 heterocycles. The number of benzene rings is 1. The predicted molar refractivity (Wildman–Crippen MR) is 92.8 cm³/mol. The van der Waals surface area contributed by atoms with E-state index in [0.29, 0.717) is 32.2 Å². The summed E-state index contributed by atoms with van der Waals surface area (Å²) in [6, 6.07) is 6.19. The Morgan fingerprint density at radius 1 is 1.21 bits per heavy atom. The van der Waals surface area contributed by atoms with Crippen molar-refractivity contribution in [3.05, 3.63) is 35.5 Å². The molecule has 0 bridgehead atoms. The highest BCUT2D eigenvalue weighted by Gasteiger charge is 2.29. The number of fused-ring (bicyclic) bond motifs is 1. The van der Waals surface area contributed by atoms with Crippen molar-refractivity contribution >= 4 is 22.8 Å². The Balaban J connectivity index is 1.51. The highest BCUT2D eigenvalue weighted by molar-refractivity contribution is 5.86. The van der Waals surface area contributed by atoms with E-state index in [9.17, 15) is 9.59 Å². The van der Waals surface area contributed by atoms with Gasteiger partial charge in [-0.15, -0.1) is 0 Å². The number of carboxylic acid groups (broad SMARTS) is 1. The van der Waals surface area contributed by atoms with Crippen LogP contribution in [0.25, 0.3) is 10.9 Å². The maximum Gasteiger partial charge on any atom is 0.306 e. The molecule has 1 aliphatic rings. The fourth-order valence-electron chi connectivity index (χ4n) is 3.72. The molecule has 1 fully saturated rings. The minimum absolute atomic E-state index is 0.0368. The number of hydrogen-bond acceptors (Lipinski definition) is 2. The van der Waals surface area contributed by atoms with Gasteiger partial charge in [-0.2, -0.15) is 0 Å². The maximum atomic E-state index is 12.3. The quantitative estimate of drug-likeness (QED) is 0.789. The minimum atomic E-state index is -0.733. The number of nitrogens with one attached hydrogen (secondary N) is 2. The molecule has 0 aliphatic heterocycles. The largest absolute Gasteiger partial charge is 0.481 e. The van der Waals surface area contributed by atoms with Crippen LogP contribution in [0.3, 0.4) is 0 Å². The lowest BCUT2D eigenvalue weighted by atomic mass is 9.81. The average molecular weight is 328 g/mol. The van der Waals surface area contributed by atoms with Crippen LogP contribution >= 0.6 is 0 Å². The van der Waals surface area contributed by atoms with Crippen LogP contribution in [0.1, 0.15) is 36.8 Å². The van der Waals surface area contributed by atoms with Gasteiger partial charge in [-0.25, -0.2) is 0 Å². The summed E-state index contributed by atoms with van der Waals surface area (Å²) in [5.74, 6) is -0.979. The third-order valence-electron chi connectivity index (χ3n) is 5.14. The molecule has 1 aromatic carbocycles. The van der Waals surface area contributed by atoms with Crippen molar-refractivity contribution in [2.24, 2.45) is 11.8 Å². The average Bonchev–Trinajstić information content (AvgIpc) is 2.99. The number of carbonyl (C=O) groups excluding carboxylic acids is 1. The highest BCUT2D eigenvalue weighted by Crippen LogP contribution is 2.29. The summed E-state index contributed by atoms with van der Waals surface area (Å²) < 4.78 is 0. The van der Waals surface area contributed by atoms with Crippen molar-refractivity contribution in [3.63, 3.8) is 0 Å². The minimum Gasteiger partial charge on any atom is -0.481 e. The predicted octanol–water partition coefficient (Wildman–Crippen LogP) is 3.03. The molecular formula is C19H24N2O3. The molecule has 0 saturated heterocycles. The molecule has 1 amide bonds. The zero-order chi connectivity index (χ0) is 17.1. The number of carboxylic acids is 1. The van der Waals surface area contributed by atoms with Crippen molar-refractivity contribution in [1.82, 2.24) is 10.3 Å². The molecule has 3 rings (SSSR count). The van der Waals surface area contributed by atoms with Gasteiger partial charge in [0.1, 0.15) is 0 Å². The second-order valence-corrected chi connectivity index (χ2v) is 6.74. The summed E-state index contributed by atoms with van der Waals surface area (Å²) in [4.78, 5) is 26.5. The van der Waals surface area contributed by atoms with Crippen LogP contribution in [-0.4, -0.2) is 28.5 Å². The third-order valence-corrected chi connectivity index (χ3v) is 5.14. The molecule has 1 aliphatic carbocycles. The Morgan fingerprint density at radius 2 is 1.92 bits per heavy atom. The zero-order valence-corrected chi connectivity index (χ0v) is 14.0. The Kier molecular flexibility index (Phi) is 4.88. The Labute approximate surface area is 141 Å². The number of aliphatic carboxylic acids is 1. The first-order chi connectivity index (χ1) is 11.6. The number of aromatic amines is 1. The molecule has 5 nitrogen and oxygen atoms in total. The molecular weight excluding hydrogens is 304 g/mol. The monoisotopic (exact) mass is 328 g/mol. The van der Waals surface area contributed by atoms with E-state index in [1.807, 2.05) is 12.3 Å². The van der Waals surface area contributed by atoms with Crippen molar-refractivity contribution in [2.45, 2.75) is 39.0 Å².